The number of carbonyl (C=O) groups is 1. The average Bonchev–Trinajstić information content (AvgIpc) is 2.72. The first-order chi connectivity index (χ1) is 9.34. The van der Waals surface area contributed by atoms with E-state index in [4.69, 9.17) is 4.74 Å². The number of rotatable bonds is 2. The predicted octanol–water partition coefficient (Wildman–Crippen LogP) is 4.37. The fraction of sp³-hybridized carbons (Fsp3) is 0.611. The molecule has 20 heavy (non-hydrogen) atoms. The van der Waals surface area contributed by atoms with Gasteiger partial charge >= 0.3 is 5.97 Å². The van der Waals surface area contributed by atoms with E-state index in [1.54, 1.807) is 0 Å². The summed E-state index contributed by atoms with van der Waals surface area (Å²) in [5.41, 5.74) is 2.25. The van der Waals surface area contributed by atoms with E-state index in [9.17, 15) is 4.79 Å². The maximum absolute atomic E-state index is 12.3. The molecule has 2 saturated carbocycles. The highest BCUT2D eigenvalue weighted by Crippen LogP contribution is 2.66. The van der Waals surface area contributed by atoms with Gasteiger partial charge in [-0.05, 0) is 49.7 Å². The first kappa shape index (κ1) is 13.7. The zero-order valence-electron chi connectivity index (χ0n) is 12.9. The van der Waals surface area contributed by atoms with E-state index >= 15 is 0 Å². The lowest BCUT2D eigenvalue weighted by Gasteiger charge is -2.38. The van der Waals surface area contributed by atoms with Crippen molar-refractivity contribution in [2.45, 2.75) is 53.1 Å². The summed E-state index contributed by atoms with van der Waals surface area (Å²) in [5, 5.41) is 0. The first-order valence-electron chi connectivity index (χ1n) is 7.62. The minimum Gasteiger partial charge on any atom is -0.458 e. The molecule has 0 amide bonds. The highest BCUT2D eigenvalue weighted by atomic mass is 16.5. The van der Waals surface area contributed by atoms with Crippen molar-refractivity contribution >= 4 is 5.97 Å². The van der Waals surface area contributed by atoms with Crippen LogP contribution in [0.3, 0.4) is 0 Å². The van der Waals surface area contributed by atoms with Crippen LogP contribution >= 0.6 is 0 Å². The van der Waals surface area contributed by atoms with Crippen LogP contribution in [0.2, 0.25) is 0 Å². The van der Waals surface area contributed by atoms with Gasteiger partial charge in [0.2, 0.25) is 0 Å². The summed E-state index contributed by atoms with van der Waals surface area (Å²) in [6, 6.07) is 7.64. The van der Waals surface area contributed by atoms with Crippen molar-refractivity contribution in [3.8, 4) is 0 Å². The molecule has 3 unspecified atom stereocenters. The summed E-state index contributed by atoms with van der Waals surface area (Å²) >= 11 is 0. The third kappa shape index (κ3) is 1.81. The molecule has 1 aromatic carbocycles. The number of esters is 1. The topological polar surface area (TPSA) is 26.3 Å². The third-order valence-electron chi connectivity index (χ3n) is 6.25. The van der Waals surface area contributed by atoms with E-state index in [-0.39, 0.29) is 22.9 Å². The van der Waals surface area contributed by atoms with Gasteiger partial charge in [-0.1, -0.05) is 38.5 Å². The second kappa shape index (κ2) is 4.34. The molecule has 3 rings (SSSR count). The number of fused-ring (bicyclic) bond motifs is 2. The quantitative estimate of drug-likeness (QED) is 0.747. The number of ether oxygens (including phenoxy) is 1. The van der Waals surface area contributed by atoms with Crippen LogP contribution in [0.25, 0.3) is 0 Å². The molecule has 2 fully saturated rings. The summed E-state index contributed by atoms with van der Waals surface area (Å²) in [7, 11) is 0. The van der Waals surface area contributed by atoms with E-state index in [1.807, 2.05) is 31.2 Å². The molecule has 108 valence electrons. The van der Waals surface area contributed by atoms with Crippen LogP contribution < -0.4 is 0 Å². The maximum Gasteiger partial charge on any atom is 0.338 e. The summed E-state index contributed by atoms with van der Waals surface area (Å²) in [4.78, 5) is 12.3. The molecule has 0 saturated heterocycles. The standard InChI is InChI=1S/C18H24O2/c1-12-5-7-13(8-6-12)16(19)20-15-11-14-9-10-18(15,4)17(14,2)3/h5-8,14-15H,9-11H2,1-4H3. The summed E-state index contributed by atoms with van der Waals surface area (Å²) in [6.07, 6.45) is 3.56. The van der Waals surface area contributed by atoms with Crippen LogP contribution in [0.4, 0.5) is 0 Å². The molecule has 0 spiro atoms. The first-order valence-corrected chi connectivity index (χ1v) is 7.62. The fourth-order valence-corrected chi connectivity index (χ4v) is 4.20. The van der Waals surface area contributed by atoms with Gasteiger partial charge in [0.15, 0.2) is 0 Å². The van der Waals surface area contributed by atoms with Gasteiger partial charge in [-0.25, -0.2) is 4.79 Å². The second-order valence-electron chi connectivity index (χ2n) is 7.37. The molecule has 0 aromatic heterocycles. The number of carbonyl (C=O) groups excluding carboxylic acids is 1. The Morgan fingerprint density at radius 3 is 2.35 bits per heavy atom. The molecule has 2 aliphatic carbocycles. The van der Waals surface area contributed by atoms with Crippen molar-refractivity contribution in [1.82, 2.24) is 0 Å². The van der Waals surface area contributed by atoms with Crippen LogP contribution in [-0.4, -0.2) is 12.1 Å². The number of aryl methyl sites for hydroxylation is 1. The van der Waals surface area contributed by atoms with Crippen molar-refractivity contribution in [3.63, 3.8) is 0 Å². The molecule has 3 atom stereocenters. The molecule has 0 N–H and O–H groups in total. The van der Waals surface area contributed by atoms with Gasteiger partial charge in [0.1, 0.15) is 6.10 Å². The third-order valence-corrected chi connectivity index (χ3v) is 6.25. The molecule has 1 aromatic rings. The molecule has 2 bridgehead atoms. The monoisotopic (exact) mass is 272 g/mol. The van der Waals surface area contributed by atoms with Gasteiger partial charge in [0.05, 0.1) is 5.56 Å². The Morgan fingerprint density at radius 1 is 1.20 bits per heavy atom. The van der Waals surface area contributed by atoms with Crippen molar-refractivity contribution < 1.29 is 9.53 Å². The highest BCUT2D eigenvalue weighted by Gasteiger charge is 2.62. The minimum absolute atomic E-state index is 0.0741. The van der Waals surface area contributed by atoms with Crippen LogP contribution in [0, 0.1) is 23.7 Å². The number of benzene rings is 1. The molecule has 0 heterocycles. The molecule has 0 radical (unpaired) electrons. The van der Waals surface area contributed by atoms with Crippen LogP contribution in [0.15, 0.2) is 24.3 Å². The SMILES string of the molecule is Cc1ccc(C(=O)OC2CC3CCC2(C)C3(C)C)cc1. The fourth-order valence-electron chi connectivity index (χ4n) is 4.20. The van der Waals surface area contributed by atoms with Gasteiger partial charge in [0, 0.05) is 5.41 Å². The Balaban J connectivity index is 1.76. The van der Waals surface area contributed by atoms with Gasteiger partial charge < -0.3 is 4.74 Å². The van der Waals surface area contributed by atoms with E-state index in [0.717, 1.165) is 12.0 Å². The minimum atomic E-state index is -0.167. The van der Waals surface area contributed by atoms with E-state index < -0.39 is 0 Å². The molecular formula is C18H24O2. The summed E-state index contributed by atoms with van der Waals surface area (Å²) in [6.45, 7) is 9.00. The second-order valence-corrected chi connectivity index (χ2v) is 7.37. The van der Waals surface area contributed by atoms with Crippen molar-refractivity contribution in [2.75, 3.05) is 0 Å². The largest absolute Gasteiger partial charge is 0.458 e. The normalized spacial score (nSPS) is 34.2. The van der Waals surface area contributed by atoms with Gasteiger partial charge in [0.25, 0.3) is 0 Å². The van der Waals surface area contributed by atoms with E-state index in [1.165, 1.54) is 12.8 Å². The summed E-state index contributed by atoms with van der Waals surface area (Å²) in [5.74, 6) is 0.530. The maximum atomic E-state index is 12.3. The summed E-state index contributed by atoms with van der Waals surface area (Å²) < 4.78 is 5.87. The molecule has 2 heteroatoms. The van der Waals surface area contributed by atoms with E-state index in [2.05, 4.69) is 20.8 Å². The van der Waals surface area contributed by atoms with Crippen LogP contribution in [0.5, 0.6) is 0 Å². The molecule has 2 aliphatic rings. The molecule has 2 nitrogen and oxygen atoms in total. The Bertz CT molecular complexity index is 529. The molecular weight excluding hydrogens is 248 g/mol. The predicted molar refractivity (Wildman–Crippen MR) is 79.6 cm³/mol. The zero-order chi connectivity index (χ0) is 14.5. The Hall–Kier alpha value is -1.31. The Kier molecular flexibility index (Phi) is 2.97. The lowest BCUT2D eigenvalue weighted by molar-refractivity contribution is -0.0242. The van der Waals surface area contributed by atoms with Gasteiger partial charge in [-0.2, -0.15) is 0 Å². The van der Waals surface area contributed by atoms with Crippen LogP contribution in [-0.2, 0) is 4.74 Å². The van der Waals surface area contributed by atoms with Crippen molar-refractivity contribution in [3.05, 3.63) is 35.4 Å². The van der Waals surface area contributed by atoms with Gasteiger partial charge in [-0.3, -0.25) is 0 Å². The number of hydrogen-bond donors (Lipinski definition) is 0. The van der Waals surface area contributed by atoms with Crippen molar-refractivity contribution in [1.29, 1.82) is 0 Å². The lowest BCUT2D eigenvalue weighted by Crippen LogP contribution is -2.38. The van der Waals surface area contributed by atoms with Crippen LogP contribution in [0.1, 0.15) is 56.0 Å². The van der Waals surface area contributed by atoms with E-state index in [0.29, 0.717) is 11.5 Å². The smallest absolute Gasteiger partial charge is 0.338 e. The highest BCUT2D eigenvalue weighted by molar-refractivity contribution is 5.89. The lowest BCUT2D eigenvalue weighted by atomic mass is 9.70. The average molecular weight is 272 g/mol. The molecule has 0 aliphatic heterocycles. The Morgan fingerprint density at radius 2 is 1.85 bits per heavy atom. The Labute approximate surface area is 121 Å². The number of hydrogen-bond acceptors (Lipinski definition) is 2. The van der Waals surface area contributed by atoms with Gasteiger partial charge in [-0.15, -0.1) is 0 Å². The van der Waals surface area contributed by atoms with Crippen molar-refractivity contribution in [2.24, 2.45) is 16.7 Å². The zero-order valence-corrected chi connectivity index (χ0v) is 12.9.